The van der Waals surface area contributed by atoms with Crippen LogP contribution in [0.4, 0.5) is 13.2 Å². The number of alkyl halides is 3. The summed E-state index contributed by atoms with van der Waals surface area (Å²) in [4.78, 5) is 16.2. The van der Waals surface area contributed by atoms with Crippen molar-refractivity contribution in [3.8, 4) is 0 Å². The van der Waals surface area contributed by atoms with Crippen molar-refractivity contribution in [1.82, 2.24) is 19.9 Å². The van der Waals surface area contributed by atoms with Gasteiger partial charge in [-0.1, -0.05) is 0 Å². The van der Waals surface area contributed by atoms with Crippen LogP contribution in [0.5, 0.6) is 0 Å². The van der Waals surface area contributed by atoms with E-state index >= 15 is 0 Å². The number of hydrogen-bond acceptors (Lipinski definition) is 5. The molecule has 0 aromatic carbocycles. The first-order chi connectivity index (χ1) is 13.9. The Bertz CT molecular complexity index is 841. The Labute approximate surface area is 174 Å². The average molecular weight is 429 g/mol. The first kappa shape index (κ1) is 24.1. The first-order valence-corrected chi connectivity index (χ1v) is 9.87. The van der Waals surface area contributed by atoms with Crippen LogP contribution in [0.3, 0.4) is 0 Å². The Balaban J connectivity index is 0.000000469. The Kier molecular flexibility index (Phi) is 7.81. The number of methoxy groups -OCH3 is 1. The normalized spacial score (nSPS) is 15.5. The monoisotopic (exact) mass is 429 g/mol. The van der Waals surface area contributed by atoms with Crippen molar-refractivity contribution in [3.05, 3.63) is 29.7 Å². The van der Waals surface area contributed by atoms with Crippen LogP contribution in [0.25, 0.3) is 5.65 Å². The largest absolute Gasteiger partial charge is 0.389 e. The van der Waals surface area contributed by atoms with E-state index < -0.39 is 24.9 Å². The molecule has 0 spiro atoms. The molecule has 1 saturated carbocycles. The number of nitrogens with zero attached hydrogens (tertiary/aromatic N) is 3. The van der Waals surface area contributed by atoms with E-state index in [0.29, 0.717) is 17.9 Å². The Morgan fingerprint density at radius 3 is 2.50 bits per heavy atom. The summed E-state index contributed by atoms with van der Waals surface area (Å²) in [6.07, 6.45) is -0.830. The smallest absolute Gasteiger partial charge is 0.379 e. The number of hydrogen-bond donors (Lipinski definition) is 2. The highest BCUT2D eigenvalue weighted by atomic mass is 19.4. The third-order valence-corrected chi connectivity index (χ3v) is 4.62. The van der Waals surface area contributed by atoms with Crippen molar-refractivity contribution in [3.63, 3.8) is 0 Å². The molecule has 7 nitrogen and oxygen atoms in total. The predicted molar refractivity (Wildman–Crippen MR) is 107 cm³/mol. The molecular formula is C20H30F3N5O2. The van der Waals surface area contributed by atoms with Gasteiger partial charge in [-0.25, -0.2) is 9.50 Å². The molecule has 3 rings (SSSR count). The van der Waals surface area contributed by atoms with Gasteiger partial charge in [0.1, 0.15) is 0 Å². The van der Waals surface area contributed by atoms with Gasteiger partial charge in [0, 0.05) is 20.1 Å². The van der Waals surface area contributed by atoms with Crippen molar-refractivity contribution < 1.29 is 22.7 Å². The molecule has 2 heterocycles. The third kappa shape index (κ3) is 7.91. The van der Waals surface area contributed by atoms with Gasteiger partial charge in [0.15, 0.2) is 5.65 Å². The van der Waals surface area contributed by atoms with Crippen LogP contribution in [-0.2, 0) is 16.1 Å². The minimum Gasteiger partial charge on any atom is -0.379 e. The molecule has 2 aromatic rings. The number of imidazole rings is 1. The van der Waals surface area contributed by atoms with Crippen molar-refractivity contribution in [2.24, 2.45) is 11.7 Å². The van der Waals surface area contributed by atoms with Gasteiger partial charge in [-0.3, -0.25) is 4.79 Å². The lowest BCUT2D eigenvalue weighted by atomic mass is 10.0. The summed E-state index contributed by atoms with van der Waals surface area (Å²) in [5.74, 6) is -0.372. The number of fused-ring (bicyclic) bond motifs is 1. The number of carbonyl (C=O) groups excluding carboxylic acids is 1. The topological polar surface area (TPSA) is 94.5 Å². The van der Waals surface area contributed by atoms with Crippen molar-refractivity contribution in [1.29, 1.82) is 0 Å². The molecular weight excluding hydrogens is 399 g/mol. The van der Waals surface area contributed by atoms with Crippen LogP contribution < -0.4 is 11.1 Å². The van der Waals surface area contributed by atoms with Gasteiger partial charge in [-0.15, -0.1) is 0 Å². The predicted octanol–water partition coefficient (Wildman–Crippen LogP) is 3.53. The molecule has 0 aliphatic heterocycles. The van der Waals surface area contributed by atoms with Crippen LogP contribution in [0, 0.1) is 5.92 Å². The quantitative estimate of drug-likeness (QED) is 0.733. The number of nitrogens with one attached hydrogen (secondary N) is 1. The van der Waals surface area contributed by atoms with Gasteiger partial charge in [-0.05, 0) is 51.2 Å². The lowest BCUT2D eigenvalue weighted by molar-refractivity contribution is -0.144. The van der Waals surface area contributed by atoms with Crippen LogP contribution in [0.15, 0.2) is 18.5 Å². The number of rotatable bonds is 6. The van der Waals surface area contributed by atoms with E-state index in [0.717, 1.165) is 18.4 Å². The minimum absolute atomic E-state index is 0.0417. The summed E-state index contributed by atoms with van der Waals surface area (Å²) in [6.45, 7) is 6.35. The Morgan fingerprint density at radius 2 is 2.00 bits per heavy atom. The number of halogens is 3. The SMILES string of the molecule is COC(C)(C)C.NCc1cn2ncc(C(NC(=O)CCC(F)(F)F)C3CC3)cc2n1. The highest BCUT2D eigenvalue weighted by Crippen LogP contribution is 2.41. The van der Waals surface area contributed by atoms with Gasteiger partial charge >= 0.3 is 6.18 Å². The molecule has 10 heteroatoms. The zero-order chi connectivity index (χ0) is 22.5. The van der Waals surface area contributed by atoms with E-state index in [9.17, 15) is 18.0 Å². The van der Waals surface area contributed by atoms with Gasteiger partial charge in [0.05, 0.1) is 36.2 Å². The fourth-order valence-corrected chi connectivity index (χ4v) is 2.61. The highest BCUT2D eigenvalue weighted by molar-refractivity contribution is 5.76. The van der Waals surface area contributed by atoms with Crippen LogP contribution in [0.1, 0.15) is 63.8 Å². The second kappa shape index (κ2) is 9.74. The highest BCUT2D eigenvalue weighted by Gasteiger charge is 2.35. The second-order valence-corrected chi connectivity index (χ2v) is 8.34. The van der Waals surface area contributed by atoms with Crippen molar-refractivity contribution >= 4 is 11.6 Å². The fraction of sp³-hybridized carbons (Fsp3) is 0.650. The molecule has 0 saturated heterocycles. The average Bonchev–Trinajstić information content (AvgIpc) is 3.41. The lowest BCUT2D eigenvalue weighted by Gasteiger charge is -2.19. The van der Waals surface area contributed by atoms with E-state index in [1.807, 2.05) is 20.8 Å². The molecule has 1 aliphatic carbocycles. The molecule has 1 unspecified atom stereocenters. The molecule has 2 aromatic heterocycles. The van der Waals surface area contributed by atoms with E-state index in [-0.39, 0.29) is 17.6 Å². The number of amides is 1. The van der Waals surface area contributed by atoms with Crippen molar-refractivity contribution in [2.75, 3.05) is 7.11 Å². The summed E-state index contributed by atoms with van der Waals surface area (Å²) >= 11 is 0. The number of aromatic nitrogens is 3. The number of nitrogens with two attached hydrogens (primary N) is 1. The lowest BCUT2D eigenvalue weighted by Crippen LogP contribution is -2.30. The number of carbonyl (C=O) groups is 1. The summed E-state index contributed by atoms with van der Waals surface area (Å²) in [7, 11) is 1.71. The molecule has 0 bridgehead atoms. The van der Waals surface area contributed by atoms with Gasteiger partial charge in [-0.2, -0.15) is 18.3 Å². The Hall–Kier alpha value is -2.20. The zero-order valence-electron chi connectivity index (χ0n) is 17.8. The summed E-state index contributed by atoms with van der Waals surface area (Å²) in [6, 6.07) is 1.46. The van der Waals surface area contributed by atoms with Gasteiger partial charge < -0.3 is 15.8 Å². The zero-order valence-corrected chi connectivity index (χ0v) is 17.8. The molecule has 3 N–H and O–H groups in total. The van der Waals surface area contributed by atoms with Gasteiger partial charge in [0.2, 0.25) is 5.91 Å². The fourth-order valence-electron chi connectivity index (χ4n) is 2.61. The van der Waals surface area contributed by atoms with Crippen LogP contribution in [-0.4, -0.2) is 39.4 Å². The van der Waals surface area contributed by atoms with E-state index in [2.05, 4.69) is 15.4 Å². The molecule has 1 fully saturated rings. The number of ether oxygens (including phenoxy) is 1. The molecule has 30 heavy (non-hydrogen) atoms. The first-order valence-electron chi connectivity index (χ1n) is 9.87. The molecule has 1 amide bonds. The van der Waals surface area contributed by atoms with E-state index in [4.69, 9.17) is 10.5 Å². The maximum Gasteiger partial charge on any atom is 0.389 e. The van der Waals surface area contributed by atoms with Gasteiger partial charge in [0.25, 0.3) is 0 Å². The van der Waals surface area contributed by atoms with Crippen LogP contribution in [0.2, 0.25) is 0 Å². The molecule has 0 radical (unpaired) electrons. The molecule has 168 valence electrons. The summed E-state index contributed by atoms with van der Waals surface area (Å²) in [5.41, 5.74) is 7.63. The van der Waals surface area contributed by atoms with E-state index in [1.165, 1.54) is 0 Å². The second-order valence-electron chi connectivity index (χ2n) is 8.34. The Morgan fingerprint density at radius 1 is 1.37 bits per heavy atom. The molecule has 1 atom stereocenters. The van der Waals surface area contributed by atoms with E-state index in [1.54, 1.807) is 30.1 Å². The summed E-state index contributed by atoms with van der Waals surface area (Å²) in [5, 5.41) is 6.95. The van der Waals surface area contributed by atoms with Crippen molar-refractivity contribution in [2.45, 2.75) is 70.8 Å². The standard InChI is InChI=1S/C15H18F3N5O.C5H12O/c16-15(17,18)4-3-13(24)22-14(9-1-2-9)10-5-12-21-11(6-19)8-23(12)20-7-10;1-5(2,3)6-4/h5,7-9,14H,1-4,6,19H2,(H,22,24);1-4H3. The van der Waals surface area contributed by atoms with Crippen LogP contribution >= 0.6 is 0 Å². The maximum absolute atomic E-state index is 12.2. The minimum atomic E-state index is -4.33. The molecule has 1 aliphatic rings. The maximum atomic E-state index is 12.2. The summed E-state index contributed by atoms with van der Waals surface area (Å²) < 4.78 is 43.3. The third-order valence-electron chi connectivity index (χ3n) is 4.62.